The van der Waals surface area contributed by atoms with Gasteiger partial charge in [-0.05, 0) is 37.1 Å². The maximum atomic E-state index is 11.6. The predicted molar refractivity (Wildman–Crippen MR) is 68.7 cm³/mol. The molecule has 6 heteroatoms. The number of benzene rings is 1. The highest BCUT2D eigenvalue weighted by Crippen LogP contribution is 2.20. The summed E-state index contributed by atoms with van der Waals surface area (Å²) in [6.07, 6.45) is 1.43. The molecule has 1 atom stereocenters. The zero-order valence-corrected chi connectivity index (χ0v) is 10.6. The van der Waals surface area contributed by atoms with E-state index in [1.165, 1.54) is 12.1 Å². The number of anilines is 1. The van der Waals surface area contributed by atoms with Crippen LogP contribution in [0.3, 0.4) is 0 Å². The number of aromatic carboxylic acids is 1. The second-order valence-electron chi connectivity index (χ2n) is 4.39. The first kappa shape index (κ1) is 12.9. The summed E-state index contributed by atoms with van der Waals surface area (Å²) in [5.41, 5.74) is 0.955. The van der Waals surface area contributed by atoms with Crippen molar-refractivity contribution in [2.75, 3.05) is 17.6 Å². The molecule has 0 aromatic heterocycles. The Morgan fingerprint density at radius 3 is 2.50 bits per heavy atom. The van der Waals surface area contributed by atoms with Gasteiger partial charge in [0, 0.05) is 12.2 Å². The Balaban J connectivity index is 1.96. The summed E-state index contributed by atoms with van der Waals surface area (Å²) in [6, 6.07) is 6.28. The molecular weight excluding hydrogens is 254 g/mol. The van der Waals surface area contributed by atoms with Crippen LogP contribution in [0.15, 0.2) is 24.3 Å². The fourth-order valence-electron chi connectivity index (χ4n) is 2.05. The van der Waals surface area contributed by atoms with E-state index < -0.39 is 15.8 Å². The van der Waals surface area contributed by atoms with E-state index in [0.29, 0.717) is 13.0 Å². The number of carbonyl (C=O) groups is 1. The molecule has 1 fully saturated rings. The normalized spacial score (nSPS) is 21.7. The second-order valence-corrected chi connectivity index (χ2v) is 6.80. The van der Waals surface area contributed by atoms with Crippen molar-refractivity contribution in [1.29, 1.82) is 0 Å². The molecule has 0 amide bonds. The van der Waals surface area contributed by atoms with Gasteiger partial charge in [0.1, 0.15) is 0 Å². The lowest BCUT2D eigenvalue weighted by Gasteiger charge is -2.11. The zero-order chi connectivity index (χ0) is 13.2. The van der Waals surface area contributed by atoms with E-state index >= 15 is 0 Å². The van der Waals surface area contributed by atoms with Crippen LogP contribution in [0.2, 0.25) is 0 Å². The number of rotatable bonds is 4. The van der Waals surface area contributed by atoms with Gasteiger partial charge in [-0.1, -0.05) is 0 Å². The molecule has 1 aromatic rings. The van der Waals surface area contributed by atoms with Gasteiger partial charge in [-0.2, -0.15) is 0 Å². The van der Waals surface area contributed by atoms with E-state index in [4.69, 9.17) is 5.11 Å². The van der Waals surface area contributed by atoms with Crippen molar-refractivity contribution < 1.29 is 18.3 Å². The molecule has 0 radical (unpaired) electrons. The minimum absolute atomic E-state index is 0.217. The first-order valence-electron chi connectivity index (χ1n) is 5.78. The molecule has 1 aliphatic heterocycles. The number of sulfone groups is 1. The lowest BCUT2D eigenvalue weighted by Crippen LogP contribution is -2.25. The minimum Gasteiger partial charge on any atom is -0.478 e. The summed E-state index contributed by atoms with van der Waals surface area (Å²) in [5, 5.41) is 11.5. The van der Waals surface area contributed by atoms with Crippen LogP contribution in [-0.4, -0.2) is 37.0 Å². The van der Waals surface area contributed by atoms with Gasteiger partial charge in [-0.15, -0.1) is 0 Å². The van der Waals surface area contributed by atoms with E-state index in [1.54, 1.807) is 12.1 Å². The van der Waals surface area contributed by atoms with Gasteiger partial charge in [-0.3, -0.25) is 0 Å². The molecule has 1 aromatic carbocycles. The summed E-state index contributed by atoms with van der Waals surface area (Å²) in [7, 11) is -2.94. The van der Waals surface area contributed by atoms with Crippen LogP contribution >= 0.6 is 0 Å². The van der Waals surface area contributed by atoms with Crippen LogP contribution < -0.4 is 5.32 Å². The molecule has 0 aliphatic carbocycles. The molecule has 1 heterocycles. The van der Waals surface area contributed by atoms with Gasteiger partial charge in [0.15, 0.2) is 9.84 Å². The highest BCUT2D eigenvalue weighted by molar-refractivity contribution is 7.92. The SMILES string of the molecule is O=C(O)c1ccc(NCC2CCCS2(=O)=O)cc1. The Hall–Kier alpha value is -1.56. The molecule has 1 unspecified atom stereocenters. The van der Waals surface area contributed by atoms with E-state index in [0.717, 1.165) is 12.1 Å². The Kier molecular flexibility index (Phi) is 3.56. The fourth-order valence-corrected chi connectivity index (χ4v) is 3.82. The number of carboxylic acid groups (broad SMARTS) is 1. The summed E-state index contributed by atoms with van der Waals surface area (Å²) in [5.74, 6) is -0.697. The van der Waals surface area contributed by atoms with E-state index in [1.807, 2.05) is 0 Å². The van der Waals surface area contributed by atoms with Crippen molar-refractivity contribution in [1.82, 2.24) is 0 Å². The van der Waals surface area contributed by atoms with Crippen molar-refractivity contribution in [3.8, 4) is 0 Å². The third-order valence-corrected chi connectivity index (χ3v) is 5.40. The topological polar surface area (TPSA) is 83.5 Å². The van der Waals surface area contributed by atoms with Crippen LogP contribution in [0.5, 0.6) is 0 Å². The summed E-state index contributed by atoms with van der Waals surface area (Å²) < 4.78 is 23.2. The van der Waals surface area contributed by atoms with Crippen LogP contribution in [0.1, 0.15) is 23.2 Å². The van der Waals surface area contributed by atoms with Crippen molar-refractivity contribution in [2.24, 2.45) is 0 Å². The van der Waals surface area contributed by atoms with Gasteiger partial charge in [0.25, 0.3) is 0 Å². The predicted octanol–water partition coefficient (Wildman–Crippen LogP) is 1.37. The second kappa shape index (κ2) is 4.97. The van der Waals surface area contributed by atoms with Crippen LogP contribution in [0.25, 0.3) is 0 Å². The monoisotopic (exact) mass is 269 g/mol. The molecule has 98 valence electrons. The van der Waals surface area contributed by atoms with Crippen molar-refractivity contribution >= 4 is 21.5 Å². The molecule has 0 saturated carbocycles. The van der Waals surface area contributed by atoms with Gasteiger partial charge >= 0.3 is 5.97 Å². The molecule has 0 bridgehead atoms. The smallest absolute Gasteiger partial charge is 0.335 e. The van der Waals surface area contributed by atoms with Crippen LogP contribution in [0, 0.1) is 0 Å². The molecule has 1 aliphatic rings. The third kappa shape index (κ3) is 2.81. The highest BCUT2D eigenvalue weighted by atomic mass is 32.2. The molecule has 0 spiro atoms. The van der Waals surface area contributed by atoms with Crippen molar-refractivity contribution in [3.05, 3.63) is 29.8 Å². The zero-order valence-electron chi connectivity index (χ0n) is 9.80. The van der Waals surface area contributed by atoms with Crippen LogP contribution in [-0.2, 0) is 9.84 Å². The first-order valence-corrected chi connectivity index (χ1v) is 7.49. The molecule has 18 heavy (non-hydrogen) atoms. The largest absolute Gasteiger partial charge is 0.478 e. The van der Waals surface area contributed by atoms with Gasteiger partial charge < -0.3 is 10.4 Å². The summed E-state index contributed by atoms with van der Waals surface area (Å²) in [6.45, 7) is 0.384. The fraction of sp³-hybridized carbons (Fsp3) is 0.417. The van der Waals surface area contributed by atoms with Crippen molar-refractivity contribution in [3.63, 3.8) is 0 Å². The van der Waals surface area contributed by atoms with Gasteiger partial charge in [-0.25, -0.2) is 13.2 Å². The molecular formula is C12H15NO4S. The third-order valence-electron chi connectivity index (χ3n) is 3.13. The average Bonchev–Trinajstić information content (AvgIpc) is 2.66. The van der Waals surface area contributed by atoms with E-state index in [2.05, 4.69) is 5.32 Å². The Morgan fingerprint density at radius 2 is 2.00 bits per heavy atom. The van der Waals surface area contributed by atoms with Crippen LogP contribution in [0.4, 0.5) is 5.69 Å². The Bertz CT molecular complexity index is 536. The minimum atomic E-state index is -2.94. The molecule has 1 saturated heterocycles. The van der Waals surface area contributed by atoms with Gasteiger partial charge in [0.05, 0.1) is 16.6 Å². The first-order chi connectivity index (χ1) is 8.49. The highest BCUT2D eigenvalue weighted by Gasteiger charge is 2.30. The molecule has 2 rings (SSSR count). The van der Waals surface area contributed by atoms with E-state index in [9.17, 15) is 13.2 Å². The number of hydrogen-bond acceptors (Lipinski definition) is 4. The maximum absolute atomic E-state index is 11.6. The van der Waals surface area contributed by atoms with E-state index in [-0.39, 0.29) is 16.6 Å². The average molecular weight is 269 g/mol. The number of hydrogen-bond donors (Lipinski definition) is 2. The molecule has 2 N–H and O–H groups in total. The Morgan fingerprint density at radius 1 is 1.33 bits per heavy atom. The number of nitrogens with one attached hydrogen (secondary N) is 1. The number of carboxylic acids is 1. The maximum Gasteiger partial charge on any atom is 0.335 e. The standard InChI is InChI=1S/C12H15NO4S/c14-12(15)9-3-5-10(6-4-9)13-8-11-2-1-7-18(11,16)17/h3-6,11,13H,1-2,7-8H2,(H,14,15). The van der Waals surface area contributed by atoms with Gasteiger partial charge in [0.2, 0.25) is 0 Å². The Labute approximate surface area is 106 Å². The molecule has 5 nitrogen and oxygen atoms in total. The lowest BCUT2D eigenvalue weighted by atomic mass is 10.2. The quantitative estimate of drug-likeness (QED) is 0.862. The van der Waals surface area contributed by atoms with Crippen molar-refractivity contribution in [2.45, 2.75) is 18.1 Å². The summed E-state index contributed by atoms with van der Waals surface area (Å²) in [4.78, 5) is 10.7. The lowest BCUT2D eigenvalue weighted by molar-refractivity contribution is 0.0697. The summed E-state index contributed by atoms with van der Waals surface area (Å²) >= 11 is 0.